The van der Waals surface area contributed by atoms with E-state index in [0.717, 1.165) is 11.1 Å². The molecular formula is C24H23N3O5S. The average molecular weight is 466 g/mol. The third-order valence-corrected chi connectivity index (χ3v) is 6.50. The Morgan fingerprint density at radius 3 is 2.52 bits per heavy atom. The molecule has 0 aromatic heterocycles. The lowest BCUT2D eigenvalue weighted by Crippen LogP contribution is -2.46. The lowest BCUT2D eigenvalue weighted by molar-refractivity contribution is -0.122. The van der Waals surface area contributed by atoms with E-state index < -0.39 is 22.0 Å². The number of carbonyl (C=O) groups is 1. The van der Waals surface area contributed by atoms with Gasteiger partial charge in [-0.2, -0.15) is 9.82 Å². The molecule has 1 amide bonds. The number of rotatable bonds is 8. The smallest absolute Gasteiger partial charge is 0.258 e. The van der Waals surface area contributed by atoms with E-state index in [4.69, 9.17) is 9.47 Å². The van der Waals surface area contributed by atoms with Crippen molar-refractivity contribution in [1.82, 2.24) is 10.1 Å². The summed E-state index contributed by atoms with van der Waals surface area (Å²) in [6.07, 6.45) is 1.62. The van der Waals surface area contributed by atoms with E-state index in [9.17, 15) is 13.2 Å². The summed E-state index contributed by atoms with van der Waals surface area (Å²) in [5.41, 5.74) is 4.87. The standard InChI is InChI=1S/C24H23N3O5S/c1-17-7-10-20(11-8-17)33(29,30)27-21(13-18-5-3-2-4-6-18)24(28)26-25-15-19-9-12-22-23(14-19)32-16-31-22/h2-12,14-15,21,27H,13,16H2,1H3,(H,26,28)/b25-15+/t21-/m0/s1. The molecule has 1 atom stereocenters. The van der Waals surface area contributed by atoms with Crippen molar-refractivity contribution in [2.24, 2.45) is 5.10 Å². The van der Waals surface area contributed by atoms with Crippen LogP contribution in [0.25, 0.3) is 0 Å². The van der Waals surface area contributed by atoms with E-state index >= 15 is 0 Å². The van der Waals surface area contributed by atoms with Crippen LogP contribution in [0.3, 0.4) is 0 Å². The van der Waals surface area contributed by atoms with Gasteiger partial charge in [0.05, 0.1) is 11.1 Å². The van der Waals surface area contributed by atoms with Gasteiger partial charge in [0.25, 0.3) is 5.91 Å². The number of sulfonamides is 1. The fourth-order valence-corrected chi connectivity index (χ4v) is 4.45. The van der Waals surface area contributed by atoms with Gasteiger partial charge in [0.1, 0.15) is 6.04 Å². The van der Waals surface area contributed by atoms with Crippen molar-refractivity contribution in [1.29, 1.82) is 0 Å². The third kappa shape index (κ3) is 5.76. The van der Waals surface area contributed by atoms with Crippen LogP contribution in [0.1, 0.15) is 16.7 Å². The molecule has 0 spiro atoms. The minimum Gasteiger partial charge on any atom is -0.454 e. The van der Waals surface area contributed by atoms with Crippen LogP contribution in [0.15, 0.2) is 82.8 Å². The molecule has 33 heavy (non-hydrogen) atoms. The molecule has 0 radical (unpaired) electrons. The molecule has 2 N–H and O–H groups in total. The molecule has 3 aromatic rings. The Morgan fingerprint density at radius 1 is 1.03 bits per heavy atom. The van der Waals surface area contributed by atoms with E-state index in [-0.39, 0.29) is 18.1 Å². The van der Waals surface area contributed by atoms with E-state index in [2.05, 4.69) is 15.2 Å². The number of hydrogen-bond donors (Lipinski definition) is 2. The number of benzene rings is 3. The van der Waals surface area contributed by atoms with Gasteiger partial charge in [-0.1, -0.05) is 48.0 Å². The molecule has 8 nitrogen and oxygen atoms in total. The number of fused-ring (bicyclic) bond motifs is 1. The van der Waals surface area contributed by atoms with Crippen LogP contribution in [-0.4, -0.2) is 33.4 Å². The SMILES string of the molecule is Cc1ccc(S(=O)(=O)N[C@@H](Cc2ccccc2)C(=O)N/N=C/c2ccc3c(c2)OCO3)cc1. The van der Waals surface area contributed by atoms with Crippen LogP contribution >= 0.6 is 0 Å². The van der Waals surface area contributed by atoms with Crippen LogP contribution in [0.5, 0.6) is 11.5 Å². The molecule has 3 aromatic carbocycles. The number of amides is 1. The summed E-state index contributed by atoms with van der Waals surface area (Å²) in [4.78, 5) is 13.0. The highest BCUT2D eigenvalue weighted by Crippen LogP contribution is 2.31. The third-order valence-electron chi connectivity index (χ3n) is 5.01. The number of nitrogens with one attached hydrogen (secondary N) is 2. The van der Waals surface area contributed by atoms with Gasteiger partial charge in [-0.05, 0) is 54.8 Å². The molecule has 1 aliphatic rings. The number of ether oxygens (including phenoxy) is 2. The van der Waals surface area contributed by atoms with Crippen molar-refractivity contribution < 1.29 is 22.7 Å². The second-order valence-corrected chi connectivity index (χ2v) is 9.24. The molecule has 0 aliphatic carbocycles. The zero-order valence-electron chi connectivity index (χ0n) is 17.9. The van der Waals surface area contributed by atoms with Gasteiger partial charge in [0.15, 0.2) is 11.5 Å². The highest BCUT2D eigenvalue weighted by Gasteiger charge is 2.26. The van der Waals surface area contributed by atoms with Crippen molar-refractivity contribution in [2.75, 3.05) is 6.79 Å². The van der Waals surface area contributed by atoms with E-state index in [1.54, 1.807) is 30.3 Å². The summed E-state index contributed by atoms with van der Waals surface area (Å²) in [5.74, 6) is 0.661. The largest absolute Gasteiger partial charge is 0.454 e. The van der Waals surface area contributed by atoms with E-state index in [1.807, 2.05) is 37.3 Å². The first-order chi connectivity index (χ1) is 15.9. The number of hydrazone groups is 1. The number of nitrogens with zero attached hydrogens (tertiary/aromatic N) is 1. The molecule has 0 unspecified atom stereocenters. The van der Waals surface area contributed by atoms with Gasteiger partial charge in [0, 0.05) is 0 Å². The summed E-state index contributed by atoms with van der Waals surface area (Å²) < 4.78 is 38.9. The Kier molecular flexibility index (Phi) is 6.71. The highest BCUT2D eigenvalue weighted by molar-refractivity contribution is 7.89. The Morgan fingerprint density at radius 2 is 1.76 bits per heavy atom. The highest BCUT2D eigenvalue weighted by atomic mass is 32.2. The normalized spacial score (nSPS) is 13.7. The summed E-state index contributed by atoms with van der Waals surface area (Å²) in [6.45, 7) is 2.03. The summed E-state index contributed by atoms with van der Waals surface area (Å²) >= 11 is 0. The molecule has 1 heterocycles. The summed E-state index contributed by atoms with van der Waals surface area (Å²) in [5, 5.41) is 3.99. The predicted octanol–water partition coefficient (Wildman–Crippen LogP) is 2.76. The van der Waals surface area contributed by atoms with Crippen molar-refractivity contribution in [3.63, 3.8) is 0 Å². The van der Waals surface area contributed by atoms with Gasteiger partial charge >= 0.3 is 0 Å². The summed E-state index contributed by atoms with van der Waals surface area (Å²) in [7, 11) is -3.92. The van der Waals surface area contributed by atoms with Crippen LogP contribution in [0.2, 0.25) is 0 Å². The van der Waals surface area contributed by atoms with Gasteiger partial charge < -0.3 is 9.47 Å². The molecule has 0 saturated heterocycles. The Hall–Kier alpha value is -3.69. The van der Waals surface area contributed by atoms with Crippen LogP contribution in [-0.2, 0) is 21.2 Å². The fraction of sp³-hybridized carbons (Fsp3) is 0.167. The molecular weight excluding hydrogens is 442 g/mol. The monoisotopic (exact) mass is 465 g/mol. The van der Waals surface area contributed by atoms with Crippen LogP contribution in [0.4, 0.5) is 0 Å². The number of hydrogen-bond acceptors (Lipinski definition) is 6. The van der Waals surface area contributed by atoms with Gasteiger partial charge in [-0.15, -0.1) is 0 Å². The lowest BCUT2D eigenvalue weighted by atomic mass is 10.1. The van der Waals surface area contributed by atoms with Crippen LogP contribution < -0.4 is 19.6 Å². The molecule has 0 saturated carbocycles. The molecule has 4 rings (SSSR count). The summed E-state index contributed by atoms with van der Waals surface area (Å²) in [6, 6.07) is 19.8. The maximum atomic E-state index is 12.9. The average Bonchev–Trinajstić information content (AvgIpc) is 3.27. The van der Waals surface area contributed by atoms with E-state index in [0.29, 0.717) is 17.1 Å². The first-order valence-corrected chi connectivity index (χ1v) is 11.7. The van der Waals surface area contributed by atoms with Gasteiger partial charge in [-0.25, -0.2) is 13.8 Å². The zero-order chi connectivity index (χ0) is 23.3. The van der Waals surface area contributed by atoms with Crippen molar-refractivity contribution >= 4 is 22.1 Å². The first-order valence-electron chi connectivity index (χ1n) is 10.3. The zero-order valence-corrected chi connectivity index (χ0v) is 18.7. The van der Waals surface area contributed by atoms with Crippen molar-refractivity contribution in [3.8, 4) is 11.5 Å². The molecule has 170 valence electrons. The number of aryl methyl sites for hydroxylation is 1. The lowest BCUT2D eigenvalue weighted by Gasteiger charge is -2.17. The minimum atomic E-state index is -3.92. The number of carbonyl (C=O) groups excluding carboxylic acids is 1. The molecule has 0 bridgehead atoms. The van der Waals surface area contributed by atoms with Crippen molar-refractivity contribution in [2.45, 2.75) is 24.3 Å². The second-order valence-electron chi connectivity index (χ2n) is 7.52. The Balaban J connectivity index is 1.49. The first kappa shape index (κ1) is 22.5. The van der Waals surface area contributed by atoms with Gasteiger partial charge in [0.2, 0.25) is 16.8 Å². The quantitative estimate of drug-likeness (QED) is 0.393. The molecule has 0 fully saturated rings. The Bertz CT molecular complexity index is 1260. The van der Waals surface area contributed by atoms with Crippen molar-refractivity contribution in [3.05, 3.63) is 89.5 Å². The second kappa shape index (κ2) is 9.85. The predicted molar refractivity (Wildman–Crippen MR) is 124 cm³/mol. The Labute approximate surface area is 192 Å². The van der Waals surface area contributed by atoms with Gasteiger partial charge in [-0.3, -0.25) is 4.79 Å². The van der Waals surface area contributed by atoms with E-state index in [1.165, 1.54) is 18.3 Å². The molecule has 1 aliphatic heterocycles. The fourth-order valence-electron chi connectivity index (χ4n) is 3.25. The molecule has 9 heteroatoms. The topological polar surface area (TPSA) is 106 Å². The maximum absolute atomic E-state index is 12.9. The van der Waals surface area contributed by atoms with Crippen LogP contribution in [0, 0.1) is 6.92 Å². The minimum absolute atomic E-state index is 0.0859. The maximum Gasteiger partial charge on any atom is 0.258 e.